The molecular formula is C50H29N5. The van der Waals surface area contributed by atoms with Gasteiger partial charge in [0.2, 0.25) is 0 Å². The second kappa shape index (κ2) is 11.8. The Kier molecular flexibility index (Phi) is 6.61. The maximum atomic E-state index is 10.3. The van der Waals surface area contributed by atoms with E-state index in [0.717, 1.165) is 61.0 Å². The minimum Gasteiger partial charge on any atom is -0.309 e. The normalized spacial score (nSPS) is 11.6. The first kappa shape index (κ1) is 30.7. The average molecular weight is 700 g/mol. The van der Waals surface area contributed by atoms with Crippen LogP contribution in [0.4, 0.5) is 5.69 Å². The monoisotopic (exact) mass is 699 g/mol. The molecule has 0 N–H and O–H groups in total. The van der Waals surface area contributed by atoms with E-state index in [9.17, 15) is 5.26 Å². The molecule has 0 bridgehead atoms. The average Bonchev–Trinajstić information content (AvgIpc) is 3.89. The third kappa shape index (κ3) is 4.45. The van der Waals surface area contributed by atoms with Gasteiger partial charge >= 0.3 is 0 Å². The van der Waals surface area contributed by atoms with Crippen LogP contribution >= 0.6 is 0 Å². The van der Waals surface area contributed by atoms with Gasteiger partial charge in [0.25, 0.3) is 0 Å². The van der Waals surface area contributed by atoms with E-state index >= 15 is 0 Å². The molecule has 0 aliphatic rings. The number of fused-ring (bicyclic) bond motifs is 9. The molecule has 55 heavy (non-hydrogen) atoms. The van der Waals surface area contributed by atoms with Crippen molar-refractivity contribution >= 4 is 71.1 Å². The number of aromatic nitrogens is 3. The Labute approximate surface area is 316 Å². The van der Waals surface area contributed by atoms with E-state index in [0.29, 0.717) is 11.3 Å². The van der Waals surface area contributed by atoms with E-state index in [4.69, 9.17) is 6.57 Å². The summed E-state index contributed by atoms with van der Waals surface area (Å²) in [5.74, 6) is 0. The van der Waals surface area contributed by atoms with Gasteiger partial charge in [-0.05, 0) is 83.7 Å². The van der Waals surface area contributed by atoms with Gasteiger partial charge in [0.05, 0.1) is 57.0 Å². The zero-order chi connectivity index (χ0) is 36.6. The number of benzene rings is 8. The van der Waals surface area contributed by atoms with Crippen molar-refractivity contribution in [3.8, 4) is 34.3 Å². The van der Waals surface area contributed by atoms with Crippen LogP contribution in [0.25, 0.3) is 98.5 Å². The maximum absolute atomic E-state index is 10.3. The molecule has 3 heterocycles. The predicted octanol–water partition coefficient (Wildman–Crippen LogP) is 13.1. The fourth-order valence-corrected chi connectivity index (χ4v) is 8.74. The molecule has 11 rings (SSSR count). The SMILES string of the molecule is [C-]#[N+]c1ccc2c(c1)c1ccccc1n2-c1ccc(C#N)c(-c2ccc(-n3c4ccccc4c4cccc(-n5c6ccccc6c6ccccc65)c43)cc2)c1. The molecule has 0 unspecified atom stereocenters. The minimum atomic E-state index is 0.609. The van der Waals surface area contributed by atoms with Crippen LogP contribution in [0.15, 0.2) is 176 Å². The summed E-state index contributed by atoms with van der Waals surface area (Å²) in [7, 11) is 0. The molecular weight excluding hydrogens is 671 g/mol. The van der Waals surface area contributed by atoms with Crippen LogP contribution in [0, 0.1) is 17.9 Å². The number of para-hydroxylation sites is 5. The lowest BCUT2D eigenvalue weighted by molar-refractivity contribution is 1.13. The molecule has 254 valence electrons. The molecule has 0 amide bonds. The Hall–Kier alpha value is -7.86. The third-order valence-electron chi connectivity index (χ3n) is 11.1. The molecule has 0 saturated carbocycles. The number of hydrogen-bond acceptors (Lipinski definition) is 1. The summed E-state index contributed by atoms with van der Waals surface area (Å²) in [4.78, 5) is 3.69. The highest BCUT2D eigenvalue weighted by Crippen LogP contribution is 2.41. The van der Waals surface area contributed by atoms with Gasteiger partial charge in [-0.1, -0.05) is 103 Å². The molecule has 0 saturated heterocycles. The summed E-state index contributed by atoms with van der Waals surface area (Å²) in [5.41, 5.74) is 12.8. The van der Waals surface area contributed by atoms with Gasteiger partial charge < -0.3 is 13.7 Å². The van der Waals surface area contributed by atoms with E-state index in [2.05, 4.69) is 158 Å². The fourth-order valence-electron chi connectivity index (χ4n) is 8.74. The molecule has 0 atom stereocenters. The number of nitrogens with zero attached hydrogens (tertiary/aromatic N) is 5. The third-order valence-corrected chi connectivity index (χ3v) is 11.1. The molecule has 0 spiro atoms. The lowest BCUT2D eigenvalue weighted by Gasteiger charge is -2.15. The van der Waals surface area contributed by atoms with E-state index in [1.165, 1.54) is 32.6 Å². The van der Waals surface area contributed by atoms with Gasteiger partial charge in [-0.15, -0.1) is 0 Å². The summed E-state index contributed by atoms with van der Waals surface area (Å²) in [6.07, 6.45) is 0. The van der Waals surface area contributed by atoms with Crippen LogP contribution in [0.2, 0.25) is 0 Å². The van der Waals surface area contributed by atoms with Crippen LogP contribution in [0.5, 0.6) is 0 Å². The topological polar surface area (TPSA) is 42.9 Å². The summed E-state index contributed by atoms with van der Waals surface area (Å²) < 4.78 is 7.01. The number of rotatable bonds is 4. The molecule has 8 aromatic carbocycles. The molecule has 3 aromatic heterocycles. The van der Waals surface area contributed by atoms with E-state index in [1.807, 2.05) is 42.5 Å². The molecule has 0 aliphatic heterocycles. The Morgan fingerprint density at radius 3 is 1.60 bits per heavy atom. The van der Waals surface area contributed by atoms with Crippen LogP contribution in [-0.4, -0.2) is 13.7 Å². The zero-order valence-electron chi connectivity index (χ0n) is 29.5. The van der Waals surface area contributed by atoms with Crippen molar-refractivity contribution in [3.05, 3.63) is 193 Å². The van der Waals surface area contributed by atoms with Crippen LogP contribution in [0.3, 0.4) is 0 Å². The summed E-state index contributed by atoms with van der Waals surface area (Å²) in [6, 6.07) is 63.8. The Bertz CT molecular complexity index is 3400. The Balaban J connectivity index is 1.11. The second-order valence-corrected chi connectivity index (χ2v) is 13.9. The number of nitriles is 1. The smallest absolute Gasteiger partial charge is 0.188 e. The summed E-state index contributed by atoms with van der Waals surface area (Å²) in [6.45, 7) is 7.59. The maximum Gasteiger partial charge on any atom is 0.188 e. The largest absolute Gasteiger partial charge is 0.309 e. The minimum absolute atomic E-state index is 0.609. The van der Waals surface area contributed by atoms with E-state index in [1.54, 1.807) is 0 Å². The fraction of sp³-hybridized carbons (Fsp3) is 0. The molecule has 0 aliphatic carbocycles. The van der Waals surface area contributed by atoms with Crippen molar-refractivity contribution in [2.45, 2.75) is 0 Å². The quantitative estimate of drug-likeness (QED) is 0.169. The van der Waals surface area contributed by atoms with Crippen molar-refractivity contribution in [3.63, 3.8) is 0 Å². The first-order chi connectivity index (χ1) is 27.2. The Morgan fingerprint density at radius 1 is 0.436 bits per heavy atom. The summed E-state index contributed by atoms with van der Waals surface area (Å²) in [5, 5.41) is 17.3. The lowest BCUT2D eigenvalue weighted by atomic mass is 9.99. The first-order valence-electron chi connectivity index (χ1n) is 18.3. The van der Waals surface area contributed by atoms with Crippen molar-refractivity contribution in [1.29, 1.82) is 5.26 Å². The van der Waals surface area contributed by atoms with Gasteiger partial charge in [0.15, 0.2) is 5.69 Å². The molecule has 5 heteroatoms. The van der Waals surface area contributed by atoms with Crippen LogP contribution < -0.4 is 0 Å². The predicted molar refractivity (Wildman–Crippen MR) is 226 cm³/mol. The van der Waals surface area contributed by atoms with Gasteiger partial charge in [-0.3, -0.25) is 0 Å². The van der Waals surface area contributed by atoms with E-state index < -0.39 is 0 Å². The van der Waals surface area contributed by atoms with E-state index in [-0.39, 0.29) is 0 Å². The van der Waals surface area contributed by atoms with Crippen molar-refractivity contribution < 1.29 is 0 Å². The standard InChI is InChI=1S/C50H29N5/c1-52-34-24-28-48-43(29-34)40-14-5-6-16-44(40)53(48)36-27-23-33(31-51)42(30-36)32-21-25-35(26-22-32)54-45-17-7-4-13-39(45)41-15-10-20-49(50(41)54)55-46-18-8-2-11-37(46)38-12-3-9-19-47(38)55/h2-30H. The van der Waals surface area contributed by atoms with Gasteiger partial charge in [-0.2, -0.15) is 5.26 Å². The van der Waals surface area contributed by atoms with Gasteiger partial charge in [0.1, 0.15) is 0 Å². The van der Waals surface area contributed by atoms with Crippen molar-refractivity contribution in [2.75, 3.05) is 0 Å². The van der Waals surface area contributed by atoms with Crippen LogP contribution in [0.1, 0.15) is 5.56 Å². The lowest BCUT2D eigenvalue weighted by Crippen LogP contribution is -2.00. The molecule has 0 fully saturated rings. The molecule has 11 aromatic rings. The summed E-state index contributed by atoms with van der Waals surface area (Å²) >= 11 is 0. The highest BCUT2D eigenvalue weighted by Gasteiger charge is 2.20. The first-order valence-corrected chi connectivity index (χ1v) is 18.3. The Morgan fingerprint density at radius 2 is 0.964 bits per heavy atom. The highest BCUT2D eigenvalue weighted by molar-refractivity contribution is 6.15. The zero-order valence-corrected chi connectivity index (χ0v) is 29.5. The second-order valence-electron chi connectivity index (χ2n) is 13.9. The van der Waals surface area contributed by atoms with Crippen molar-refractivity contribution in [1.82, 2.24) is 13.7 Å². The highest BCUT2D eigenvalue weighted by atomic mass is 15.1. The molecule has 0 radical (unpaired) electrons. The van der Waals surface area contributed by atoms with Crippen LogP contribution in [-0.2, 0) is 0 Å². The van der Waals surface area contributed by atoms with Gasteiger partial charge in [-0.25, -0.2) is 4.85 Å². The number of hydrogen-bond donors (Lipinski definition) is 0. The van der Waals surface area contributed by atoms with Crippen molar-refractivity contribution in [2.24, 2.45) is 0 Å². The molecule has 5 nitrogen and oxygen atoms in total. The van der Waals surface area contributed by atoms with Gasteiger partial charge in [0, 0.05) is 43.9 Å².